The van der Waals surface area contributed by atoms with Gasteiger partial charge in [0.15, 0.2) is 0 Å². The van der Waals surface area contributed by atoms with Crippen LogP contribution in [0.3, 0.4) is 0 Å². The molecule has 1 aromatic carbocycles. The Labute approximate surface area is 117 Å². The number of hydrogen-bond donors (Lipinski definition) is 1. The van der Waals surface area contributed by atoms with Crippen molar-refractivity contribution >= 4 is 11.6 Å². The van der Waals surface area contributed by atoms with Crippen LogP contribution in [0, 0.1) is 11.7 Å². The molecule has 0 aliphatic carbocycles. The SMILES string of the molecule is CC(C)C(CN)c1cncn1-c1ccc(F)cc1Cl. The van der Waals surface area contributed by atoms with Gasteiger partial charge in [-0.25, -0.2) is 9.37 Å². The van der Waals surface area contributed by atoms with Crippen LogP contribution in [0.1, 0.15) is 25.5 Å². The maximum atomic E-state index is 13.1. The topological polar surface area (TPSA) is 43.8 Å². The summed E-state index contributed by atoms with van der Waals surface area (Å²) in [5.41, 5.74) is 7.55. The highest BCUT2D eigenvalue weighted by Gasteiger charge is 2.19. The number of nitrogens with two attached hydrogens (primary N) is 1. The van der Waals surface area contributed by atoms with E-state index in [9.17, 15) is 4.39 Å². The zero-order valence-corrected chi connectivity index (χ0v) is 11.7. The molecular weight excluding hydrogens is 265 g/mol. The second-order valence-electron chi connectivity index (χ2n) is 4.87. The van der Waals surface area contributed by atoms with E-state index in [1.165, 1.54) is 12.1 Å². The molecule has 0 aliphatic rings. The maximum Gasteiger partial charge on any atom is 0.124 e. The highest BCUT2D eigenvalue weighted by atomic mass is 35.5. The summed E-state index contributed by atoms with van der Waals surface area (Å²) in [4.78, 5) is 4.17. The third kappa shape index (κ3) is 2.80. The molecule has 0 saturated heterocycles. The quantitative estimate of drug-likeness (QED) is 0.934. The lowest BCUT2D eigenvalue weighted by Gasteiger charge is -2.21. The van der Waals surface area contributed by atoms with E-state index in [1.807, 2.05) is 4.57 Å². The minimum absolute atomic E-state index is 0.184. The third-order valence-corrected chi connectivity index (χ3v) is 3.58. The van der Waals surface area contributed by atoms with Gasteiger partial charge in [-0.05, 0) is 24.1 Å². The van der Waals surface area contributed by atoms with Gasteiger partial charge in [-0.3, -0.25) is 0 Å². The van der Waals surface area contributed by atoms with E-state index in [-0.39, 0.29) is 11.7 Å². The zero-order chi connectivity index (χ0) is 14.0. The minimum atomic E-state index is -0.352. The lowest BCUT2D eigenvalue weighted by Crippen LogP contribution is -2.20. The number of aromatic nitrogens is 2. The van der Waals surface area contributed by atoms with Crippen LogP contribution in [0.5, 0.6) is 0 Å². The summed E-state index contributed by atoms with van der Waals surface area (Å²) >= 11 is 6.10. The summed E-state index contributed by atoms with van der Waals surface area (Å²) < 4.78 is 15.0. The minimum Gasteiger partial charge on any atom is -0.330 e. The standard InChI is InChI=1S/C14H17ClFN3/c1-9(2)11(6-17)14-7-18-8-19(14)13-4-3-10(16)5-12(13)15/h3-5,7-9,11H,6,17H2,1-2H3. The van der Waals surface area contributed by atoms with Gasteiger partial charge >= 0.3 is 0 Å². The molecule has 0 amide bonds. The summed E-state index contributed by atoms with van der Waals surface area (Å²) in [5.74, 6) is 0.220. The first-order valence-corrected chi connectivity index (χ1v) is 6.60. The molecule has 0 radical (unpaired) electrons. The van der Waals surface area contributed by atoms with Gasteiger partial charge in [0.05, 0.1) is 17.0 Å². The molecule has 3 nitrogen and oxygen atoms in total. The van der Waals surface area contributed by atoms with Gasteiger partial charge in [-0.1, -0.05) is 25.4 Å². The average molecular weight is 282 g/mol. The molecule has 2 aromatic rings. The summed E-state index contributed by atoms with van der Waals surface area (Å²) in [5, 5.41) is 0.360. The molecule has 2 N–H and O–H groups in total. The maximum absolute atomic E-state index is 13.1. The average Bonchev–Trinajstić information content (AvgIpc) is 2.78. The van der Waals surface area contributed by atoms with Crippen LogP contribution in [0.2, 0.25) is 5.02 Å². The summed E-state index contributed by atoms with van der Waals surface area (Å²) in [6.07, 6.45) is 3.47. The normalized spacial score (nSPS) is 12.9. The predicted molar refractivity (Wildman–Crippen MR) is 75.2 cm³/mol. The summed E-state index contributed by atoms with van der Waals surface area (Å²) in [6.45, 7) is 4.75. The van der Waals surface area contributed by atoms with E-state index >= 15 is 0 Å². The molecule has 2 rings (SSSR count). The number of nitrogens with zero attached hydrogens (tertiary/aromatic N) is 2. The number of halogens is 2. The van der Waals surface area contributed by atoms with Gasteiger partial charge in [0.2, 0.25) is 0 Å². The van der Waals surface area contributed by atoms with Crippen LogP contribution < -0.4 is 5.73 Å². The monoisotopic (exact) mass is 281 g/mol. The molecule has 0 fully saturated rings. The highest BCUT2D eigenvalue weighted by Crippen LogP contribution is 2.28. The zero-order valence-electron chi connectivity index (χ0n) is 11.0. The smallest absolute Gasteiger partial charge is 0.124 e. The van der Waals surface area contributed by atoms with Crippen LogP contribution in [-0.2, 0) is 0 Å². The molecule has 0 aliphatic heterocycles. The Morgan fingerprint density at radius 3 is 2.74 bits per heavy atom. The fourth-order valence-corrected chi connectivity index (χ4v) is 2.45. The second-order valence-corrected chi connectivity index (χ2v) is 5.28. The molecule has 1 atom stereocenters. The molecule has 0 saturated carbocycles. The molecule has 0 bridgehead atoms. The molecule has 1 aromatic heterocycles. The summed E-state index contributed by atoms with van der Waals surface area (Å²) in [7, 11) is 0. The highest BCUT2D eigenvalue weighted by molar-refractivity contribution is 6.32. The van der Waals surface area contributed by atoms with Crippen LogP contribution in [-0.4, -0.2) is 16.1 Å². The molecule has 102 valence electrons. The number of hydrogen-bond acceptors (Lipinski definition) is 2. The fourth-order valence-electron chi connectivity index (χ4n) is 2.19. The molecule has 0 spiro atoms. The third-order valence-electron chi connectivity index (χ3n) is 3.27. The molecule has 1 heterocycles. The first-order chi connectivity index (χ1) is 9.04. The largest absolute Gasteiger partial charge is 0.330 e. The van der Waals surface area contributed by atoms with E-state index in [4.69, 9.17) is 17.3 Å². The van der Waals surface area contributed by atoms with Gasteiger partial charge in [0.25, 0.3) is 0 Å². The lowest BCUT2D eigenvalue weighted by atomic mass is 9.93. The van der Waals surface area contributed by atoms with Crippen molar-refractivity contribution in [1.29, 1.82) is 0 Å². The van der Waals surface area contributed by atoms with Crippen molar-refractivity contribution in [3.63, 3.8) is 0 Å². The van der Waals surface area contributed by atoms with Crippen molar-refractivity contribution in [2.45, 2.75) is 19.8 Å². The predicted octanol–water partition coefficient (Wildman–Crippen LogP) is 3.36. The van der Waals surface area contributed by atoms with Crippen molar-refractivity contribution in [3.05, 3.63) is 47.3 Å². The van der Waals surface area contributed by atoms with Crippen molar-refractivity contribution in [1.82, 2.24) is 9.55 Å². The summed E-state index contributed by atoms with van der Waals surface area (Å²) in [6, 6.07) is 4.34. The van der Waals surface area contributed by atoms with Crippen molar-refractivity contribution in [2.75, 3.05) is 6.54 Å². The molecule has 19 heavy (non-hydrogen) atoms. The molecule has 5 heteroatoms. The number of benzene rings is 1. The fraction of sp³-hybridized carbons (Fsp3) is 0.357. The van der Waals surface area contributed by atoms with Crippen molar-refractivity contribution in [3.8, 4) is 5.69 Å². The van der Waals surface area contributed by atoms with E-state index in [1.54, 1.807) is 18.6 Å². The van der Waals surface area contributed by atoms with Gasteiger partial charge in [-0.2, -0.15) is 0 Å². The van der Waals surface area contributed by atoms with Crippen LogP contribution >= 0.6 is 11.6 Å². The Morgan fingerprint density at radius 2 is 2.16 bits per heavy atom. The van der Waals surface area contributed by atoms with Crippen LogP contribution in [0.25, 0.3) is 5.69 Å². The first kappa shape index (κ1) is 14.0. The number of imidazole rings is 1. The van der Waals surface area contributed by atoms with Gasteiger partial charge in [0.1, 0.15) is 5.82 Å². The van der Waals surface area contributed by atoms with Gasteiger partial charge < -0.3 is 10.3 Å². The van der Waals surface area contributed by atoms with Crippen molar-refractivity contribution in [2.24, 2.45) is 11.7 Å². The van der Waals surface area contributed by atoms with Crippen LogP contribution in [0.4, 0.5) is 4.39 Å². The second kappa shape index (κ2) is 5.72. The van der Waals surface area contributed by atoms with E-state index < -0.39 is 0 Å². The Hall–Kier alpha value is -1.39. The Kier molecular flexibility index (Phi) is 4.22. The van der Waals surface area contributed by atoms with Gasteiger partial charge in [0, 0.05) is 24.4 Å². The first-order valence-electron chi connectivity index (χ1n) is 6.22. The van der Waals surface area contributed by atoms with Crippen LogP contribution in [0.15, 0.2) is 30.7 Å². The molecule has 1 unspecified atom stereocenters. The Balaban J connectivity index is 2.49. The van der Waals surface area contributed by atoms with E-state index in [0.29, 0.717) is 17.5 Å². The Bertz CT molecular complexity index is 566. The van der Waals surface area contributed by atoms with E-state index in [0.717, 1.165) is 11.4 Å². The van der Waals surface area contributed by atoms with E-state index in [2.05, 4.69) is 18.8 Å². The Morgan fingerprint density at radius 1 is 1.42 bits per heavy atom. The molecular formula is C14H17ClFN3. The van der Waals surface area contributed by atoms with Gasteiger partial charge in [-0.15, -0.1) is 0 Å². The lowest BCUT2D eigenvalue weighted by molar-refractivity contribution is 0.489. The van der Waals surface area contributed by atoms with Crippen molar-refractivity contribution < 1.29 is 4.39 Å². The number of rotatable bonds is 4.